The molecule has 3 nitrogen and oxygen atoms in total. The molecule has 4 rings (SSSR count). The van der Waals surface area contributed by atoms with Crippen LogP contribution in [0.2, 0.25) is 5.02 Å². The van der Waals surface area contributed by atoms with Crippen LogP contribution >= 0.6 is 34.2 Å². The minimum Gasteiger partial charge on any atom is -0.312 e. The normalized spacial score (nSPS) is 14.2. The molecule has 0 saturated heterocycles. The number of halogens is 2. The zero-order chi connectivity index (χ0) is 20.6. The van der Waals surface area contributed by atoms with E-state index in [2.05, 4.69) is 89.2 Å². The Kier molecular flexibility index (Phi) is 5.55. The summed E-state index contributed by atoms with van der Waals surface area (Å²) in [6.07, 6.45) is 1.80. The third kappa shape index (κ3) is 3.99. The van der Waals surface area contributed by atoms with Gasteiger partial charge < -0.3 is 11.1 Å². The molecule has 0 aliphatic carbocycles. The highest BCUT2D eigenvalue weighted by molar-refractivity contribution is 14.1. The van der Waals surface area contributed by atoms with Gasteiger partial charge in [0.25, 0.3) is 0 Å². The molecule has 0 saturated carbocycles. The summed E-state index contributed by atoms with van der Waals surface area (Å²) in [7, 11) is 0. The number of benzene rings is 3. The first-order chi connectivity index (χ1) is 13.8. The first-order valence-corrected chi connectivity index (χ1v) is 11.0. The molecule has 3 aromatic carbocycles. The predicted octanol–water partition coefficient (Wildman–Crippen LogP) is 6.16. The number of aromatic nitrogens is 1. The van der Waals surface area contributed by atoms with Crippen LogP contribution < -0.4 is 11.1 Å². The van der Waals surface area contributed by atoms with Gasteiger partial charge in [-0.3, -0.25) is 4.98 Å². The maximum atomic E-state index is 6.94. The van der Waals surface area contributed by atoms with Crippen LogP contribution in [-0.2, 0) is 10.1 Å². The van der Waals surface area contributed by atoms with E-state index in [-0.39, 0.29) is 5.54 Å². The van der Waals surface area contributed by atoms with Gasteiger partial charge in [-0.05, 0) is 60.0 Å². The SMILES string of the molecule is CC(C)(NCc1ccc2ccccc2c1)C(N)(I)c1ccnc2cc(Cl)ccc12. The van der Waals surface area contributed by atoms with Crippen molar-refractivity contribution in [3.8, 4) is 0 Å². The highest BCUT2D eigenvalue weighted by Crippen LogP contribution is 2.40. The molecule has 0 radical (unpaired) electrons. The number of alkyl halides is 1. The van der Waals surface area contributed by atoms with E-state index in [0.29, 0.717) is 5.02 Å². The zero-order valence-corrected chi connectivity index (χ0v) is 19.3. The molecule has 3 N–H and O–H groups in total. The van der Waals surface area contributed by atoms with Crippen LogP contribution in [0.4, 0.5) is 0 Å². The molecule has 1 unspecified atom stereocenters. The average Bonchev–Trinajstić information content (AvgIpc) is 2.71. The van der Waals surface area contributed by atoms with E-state index in [1.54, 1.807) is 6.20 Å². The standard InChI is InChI=1S/C24H23ClIN3/c1-23(2,29-15-16-7-8-17-5-3-4-6-18(17)13-16)24(26,27)21-11-12-28-22-14-19(25)9-10-20(21)22/h3-14,29H,15,27H2,1-2H3. The van der Waals surface area contributed by atoms with Crippen molar-refractivity contribution in [1.29, 1.82) is 0 Å². The van der Waals surface area contributed by atoms with Crippen LogP contribution in [0.5, 0.6) is 0 Å². The molecule has 0 spiro atoms. The van der Waals surface area contributed by atoms with Crippen molar-refractivity contribution < 1.29 is 0 Å². The van der Waals surface area contributed by atoms with Crippen LogP contribution in [0.3, 0.4) is 0 Å². The fourth-order valence-corrected chi connectivity index (χ4v) is 4.40. The van der Waals surface area contributed by atoms with Gasteiger partial charge >= 0.3 is 0 Å². The second kappa shape index (κ2) is 7.84. The van der Waals surface area contributed by atoms with Crippen molar-refractivity contribution in [2.75, 3.05) is 0 Å². The summed E-state index contributed by atoms with van der Waals surface area (Å²) in [5.41, 5.74) is 9.68. The number of rotatable bonds is 5. The molecule has 1 atom stereocenters. The lowest BCUT2D eigenvalue weighted by atomic mass is 9.87. The third-order valence-corrected chi connectivity index (χ3v) is 7.72. The first-order valence-electron chi connectivity index (χ1n) is 9.53. The van der Waals surface area contributed by atoms with E-state index in [0.717, 1.165) is 23.0 Å². The van der Waals surface area contributed by atoms with Gasteiger partial charge in [-0.2, -0.15) is 0 Å². The molecular weight excluding hydrogens is 493 g/mol. The largest absolute Gasteiger partial charge is 0.312 e. The lowest BCUT2D eigenvalue weighted by Crippen LogP contribution is -2.58. The smallest absolute Gasteiger partial charge is 0.112 e. The third-order valence-electron chi connectivity index (χ3n) is 5.55. The summed E-state index contributed by atoms with van der Waals surface area (Å²) in [6, 6.07) is 22.7. The molecule has 29 heavy (non-hydrogen) atoms. The maximum absolute atomic E-state index is 6.94. The zero-order valence-electron chi connectivity index (χ0n) is 16.4. The fraction of sp³-hybridized carbons (Fsp3) is 0.208. The number of hydrogen-bond donors (Lipinski definition) is 2. The van der Waals surface area contributed by atoms with E-state index >= 15 is 0 Å². The summed E-state index contributed by atoms with van der Waals surface area (Å²) in [6.45, 7) is 5.01. The molecule has 148 valence electrons. The lowest BCUT2D eigenvalue weighted by Gasteiger charge is -2.41. The van der Waals surface area contributed by atoms with Gasteiger partial charge in [0.05, 0.1) is 5.52 Å². The highest BCUT2D eigenvalue weighted by Gasteiger charge is 2.41. The topological polar surface area (TPSA) is 50.9 Å². The van der Waals surface area contributed by atoms with Crippen LogP contribution in [0.1, 0.15) is 25.0 Å². The maximum Gasteiger partial charge on any atom is 0.112 e. The number of nitrogens with two attached hydrogens (primary N) is 1. The molecule has 5 heteroatoms. The van der Waals surface area contributed by atoms with Crippen LogP contribution in [0.25, 0.3) is 21.7 Å². The minimum atomic E-state index is -0.656. The second-order valence-electron chi connectivity index (χ2n) is 7.89. The summed E-state index contributed by atoms with van der Waals surface area (Å²) in [5.74, 6) is 0. The summed E-state index contributed by atoms with van der Waals surface area (Å²) >= 11 is 8.50. The second-order valence-corrected chi connectivity index (χ2v) is 10.0. The highest BCUT2D eigenvalue weighted by atomic mass is 127. The molecule has 0 amide bonds. The van der Waals surface area contributed by atoms with E-state index in [4.69, 9.17) is 17.3 Å². The Bertz CT molecular complexity index is 1190. The van der Waals surface area contributed by atoms with Crippen molar-refractivity contribution in [3.05, 3.63) is 89.1 Å². The van der Waals surface area contributed by atoms with Gasteiger partial charge in [0.15, 0.2) is 0 Å². The molecule has 0 aliphatic rings. The Morgan fingerprint density at radius 1 is 1.00 bits per heavy atom. The van der Waals surface area contributed by atoms with Crippen molar-refractivity contribution in [2.24, 2.45) is 5.73 Å². The van der Waals surface area contributed by atoms with Crippen LogP contribution in [-0.4, -0.2) is 10.5 Å². The van der Waals surface area contributed by atoms with E-state index in [9.17, 15) is 0 Å². The Hall–Kier alpha value is -1.73. The van der Waals surface area contributed by atoms with Gasteiger partial charge in [-0.25, -0.2) is 0 Å². The summed E-state index contributed by atoms with van der Waals surface area (Å²) in [5, 5.41) is 7.87. The first kappa shape index (κ1) is 20.5. The Labute approximate surface area is 189 Å². The van der Waals surface area contributed by atoms with Gasteiger partial charge in [-0.15, -0.1) is 0 Å². The number of fused-ring (bicyclic) bond motifs is 2. The van der Waals surface area contributed by atoms with Gasteiger partial charge in [0, 0.05) is 28.7 Å². The number of nitrogens with one attached hydrogen (secondary N) is 1. The predicted molar refractivity (Wildman–Crippen MR) is 132 cm³/mol. The van der Waals surface area contributed by atoms with Gasteiger partial charge in [0.2, 0.25) is 0 Å². The van der Waals surface area contributed by atoms with Crippen LogP contribution in [0.15, 0.2) is 72.9 Å². The Balaban J connectivity index is 1.63. The minimum absolute atomic E-state index is 0.382. The van der Waals surface area contributed by atoms with E-state index in [1.165, 1.54) is 16.3 Å². The fourth-order valence-electron chi connectivity index (χ4n) is 3.58. The molecule has 4 aromatic rings. The molecule has 0 fully saturated rings. The van der Waals surface area contributed by atoms with E-state index in [1.807, 2.05) is 24.3 Å². The summed E-state index contributed by atoms with van der Waals surface area (Å²) in [4.78, 5) is 4.46. The molecular formula is C24H23ClIN3. The Morgan fingerprint density at radius 2 is 1.76 bits per heavy atom. The van der Waals surface area contributed by atoms with Crippen molar-refractivity contribution in [3.63, 3.8) is 0 Å². The quantitative estimate of drug-likeness (QED) is 0.190. The molecule has 1 heterocycles. The number of pyridine rings is 1. The number of nitrogens with zero attached hydrogens (tertiary/aromatic N) is 1. The summed E-state index contributed by atoms with van der Waals surface area (Å²) < 4.78 is -0.656. The lowest BCUT2D eigenvalue weighted by molar-refractivity contribution is 0.308. The number of hydrogen-bond acceptors (Lipinski definition) is 3. The van der Waals surface area contributed by atoms with Crippen molar-refractivity contribution >= 4 is 55.9 Å². The van der Waals surface area contributed by atoms with Gasteiger partial charge in [0.1, 0.15) is 3.55 Å². The molecule has 0 aliphatic heterocycles. The van der Waals surface area contributed by atoms with Gasteiger partial charge in [-0.1, -0.05) is 76.7 Å². The van der Waals surface area contributed by atoms with E-state index < -0.39 is 3.55 Å². The average molecular weight is 516 g/mol. The molecule has 0 bridgehead atoms. The van der Waals surface area contributed by atoms with Crippen molar-refractivity contribution in [1.82, 2.24) is 10.3 Å². The monoisotopic (exact) mass is 515 g/mol. The Morgan fingerprint density at radius 3 is 2.55 bits per heavy atom. The van der Waals surface area contributed by atoms with Crippen LogP contribution in [0, 0.1) is 0 Å². The molecule has 1 aromatic heterocycles. The van der Waals surface area contributed by atoms with Crippen molar-refractivity contribution in [2.45, 2.75) is 29.5 Å².